The Balaban J connectivity index is 1.78. The monoisotopic (exact) mass is 416 g/mol. The molecule has 3 aromatic rings. The molecule has 0 saturated carbocycles. The highest BCUT2D eigenvalue weighted by atomic mass is 35.5. The molecule has 0 bridgehead atoms. The molecular weight excluding hydrogens is 407 g/mol. The van der Waals surface area contributed by atoms with Crippen molar-refractivity contribution in [1.29, 1.82) is 0 Å². The number of hydrogen-bond donors (Lipinski definition) is 1. The summed E-state index contributed by atoms with van der Waals surface area (Å²) in [6.07, 6.45) is 1.42. The van der Waals surface area contributed by atoms with Crippen molar-refractivity contribution in [2.45, 2.75) is 11.4 Å². The third-order valence-corrected chi connectivity index (χ3v) is 5.50. The Morgan fingerprint density at radius 2 is 1.68 bits per heavy atom. The van der Waals surface area contributed by atoms with E-state index < -0.39 is 10.0 Å². The quantitative estimate of drug-likeness (QED) is 0.678. The summed E-state index contributed by atoms with van der Waals surface area (Å²) in [5.74, 6) is -0.0648. The molecule has 0 radical (unpaired) electrons. The number of sulfonamides is 1. The fourth-order valence-corrected chi connectivity index (χ4v) is 3.89. The van der Waals surface area contributed by atoms with E-state index in [1.807, 2.05) is 12.1 Å². The molecule has 1 N–H and O–H groups in total. The lowest BCUT2D eigenvalue weighted by Crippen LogP contribution is -2.15. The summed E-state index contributed by atoms with van der Waals surface area (Å²) in [6, 6.07) is 11.4. The van der Waals surface area contributed by atoms with Gasteiger partial charge in [-0.05, 0) is 35.9 Å². The first-order valence-corrected chi connectivity index (χ1v) is 9.57. The van der Waals surface area contributed by atoms with Gasteiger partial charge in [-0.15, -0.1) is 5.10 Å². The molecule has 0 aliphatic heterocycles. The number of aromatic nitrogens is 3. The van der Waals surface area contributed by atoms with Crippen LogP contribution >= 0.6 is 34.8 Å². The highest BCUT2D eigenvalue weighted by Gasteiger charge is 2.20. The Hall–Kier alpha value is -1.80. The molecule has 2 aromatic carbocycles. The highest BCUT2D eigenvalue weighted by Crippen LogP contribution is 2.26. The predicted octanol–water partition coefficient (Wildman–Crippen LogP) is 4.09. The first-order valence-electron chi connectivity index (χ1n) is 6.95. The molecule has 10 heteroatoms. The molecular formula is C15H11Cl3N4O2S. The van der Waals surface area contributed by atoms with Gasteiger partial charge in [-0.25, -0.2) is 17.8 Å². The maximum absolute atomic E-state index is 12.4. The second-order valence-electron chi connectivity index (χ2n) is 5.07. The zero-order valence-corrected chi connectivity index (χ0v) is 15.6. The van der Waals surface area contributed by atoms with Gasteiger partial charge in [0.05, 0.1) is 11.6 Å². The van der Waals surface area contributed by atoms with Crippen LogP contribution in [0.15, 0.2) is 53.7 Å². The molecule has 0 aliphatic rings. The van der Waals surface area contributed by atoms with E-state index in [1.165, 1.54) is 29.2 Å². The summed E-state index contributed by atoms with van der Waals surface area (Å²) in [7, 11) is -3.95. The van der Waals surface area contributed by atoms with Crippen LogP contribution in [0.5, 0.6) is 0 Å². The van der Waals surface area contributed by atoms with Gasteiger partial charge >= 0.3 is 0 Å². The molecule has 1 aromatic heterocycles. The molecule has 0 aliphatic carbocycles. The van der Waals surface area contributed by atoms with Gasteiger partial charge in [-0.1, -0.05) is 46.9 Å². The van der Waals surface area contributed by atoms with E-state index in [0.29, 0.717) is 11.6 Å². The summed E-state index contributed by atoms with van der Waals surface area (Å²) in [6.45, 7) is 0.420. The van der Waals surface area contributed by atoms with Crippen LogP contribution in [0.25, 0.3) is 0 Å². The van der Waals surface area contributed by atoms with Gasteiger partial charge in [0.1, 0.15) is 11.2 Å². The number of halogens is 3. The van der Waals surface area contributed by atoms with E-state index >= 15 is 0 Å². The average molecular weight is 418 g/mol. The van der Waals surface area contributed by atoms with Crippen molar-refractivity contribution in [3.05, 3.63) is 69.4 Å². The highest BCUT2D eigenvalue weighted by molar-refractivity contribution is 7.92. The van der Waals surface area contributed by atoms with Gasteiger partial charge in [0.2, 0.25) is 0 Å². The third kappa shape index (κ3) is 4.43. The van der Waals surface area contributed by atoms with Crippen LogP contribution < -0.4 is 4.72 Å². The fourth-order valence-electron chi connectivity index (χ4n) is 2.05. The van der Waals surface area contributed by atoms with E-state index in [-0.39, 0.29) is 20.9 Å². The van der Waals surface area contributed by atoms with Crippen molar-refractivity contribution in [2.24, 2.45) is 0 Å². The Morgan fingerprint density at radius 1 is 1.00 bits per heavy atom. The normalized spacial score (nSPS) is 11.5. The number of benzene rings is 2. The SMILES string of the molecule is O=S(=O)(Nc1ncn(Cc2ccc(Cl)cc2)n1)c1cc(Cl)ccc1Cl. The van der Waals surface area contributed by atoms with Crippen molar-refractivity contribution >= 4 is 50.8 Å². The fraction of sp³-hybridized carbons (Fsp3) is 0.0667. The molecule has 0 amide bonds. The Kier molecular flexibility index (Phi) is 5.19. The second kappa shape index (κ2) is 7.21. The van der Waals surface area contributed by atoms with Crippen molar-refractivity contribution in [3.8, 4) is 0 Å². The van der Waals surface area contributed by atoms with Crippen LogP contribution in [-0.4, -0.2) is 23.2 Å². The smallest absolute Gasteiger partial charge is 0.246 e. The molecule has 0 unspecified atom stereocenters. The van der Waals surface area contributed by atoms with E-state index in [9.17, 15) is 8.42 Å². The zero-order valence-electron chi connectivity index (χ0n) is 12.5. The first-order chi connectivity index (χ1) is 11.8. The lowest BCUT2D eigenvalue weighted by atomic mass is 10.2. The number of nitrogens with zero attached hydrogens (tertiary/aromatic N) is 3. The van der Waals surface area contributed by atoms with Crippen molar-refractivity contribution in [1.82, 2.24) is 14.8 Å². The molecule has 0 fully saturated rings. The van der Waals surface area contributed by atoms with Crippen LogP contribution in [0.4, 0.5) is 5.95 Å². The first kappa shape index (κ1) is 18.0. The third-order valence-electron chi connectivity index (χ3n) is 3.20. The Bertz CT molecular complexity index is 1000. The molecule has 0 atom stereocenters. The lowest BCUT2D eigenvalue weighted by Gasteiger charge is -2.07. The molecule has 0 saturated heterocycles. The molecule has 25 heavy (non-hydrogen) atoms. The average Bonchev–Trinajstić information content (AvgIpc) is 2.98. The zero-order chi connectivity index (χ0) is 18.0. The van der Waals surface area contributed by atoms with Crippen LogP contribution in [0.3, 0.4) is 0 Å². The number of nitrogens with one attached hydrogen (secondary N) is 1. The second-order valence-corrected chi connectivity index (χ2v) is 8.00. The summed E-state index contributed by atoms with van der Waals surface area (Å²) in [5, 5.41) is 5.04. The van der Waals surface area contributed by atoms with Crippen molar-refractivity contribution in [3.63, 3.8) is 0 Å². The minimum Gasteiger partial charge on any atom is -0.246 e. The van der Waals surface area contributed by atoms with Gasteiger partial charge in [-0.3, -0.25) is 0 Å². The maximum atomic E-state index is 12.4. The molecule has 1 heterocycles. The topological polar surface area (TPSA) is 76.9 Å². The maximum Gasteiger partial charge on any atom is 0.265 e. The summed E-state index contributed by atoms with van der Waals surface area (Å²) < 4.78 is 28.6. The molecule has 3 rings (SSSR count). The minimum absolute atomic E-state index is 0.0532. The van der Waals surface area contributed by atoms with E-state index in [0.717, 1.165) is 5.56 Å². The summed E-state index contributed by atoms with van der Waals surface area (Å²) in [5.41, 5.74) is 0.946. The van der Waals surface area contributed by atoms with Gasteiger partial charge in [0.15, 0.2) is 0 Å². The lowest BCUT2D eigenvalue weighted by molar-refractivity contribution is 0.600. The molecule has 0 spiro atoms. The van der Waals surface area contributed by atoms with Crippen molar-refractivity contribution < 1.29 is 8.42 Å². The number of anilines is 1. The van der Waals surface area contributed by atoms with E-state index in [1.54, 1.807) is 12.1 Å². The van der Waals surface area contributed by atoms with Crippen LogP contribution in [0.1, 0.15) is 5.56 Å². The summed E-state index contributed by atoms with van der Waals surface area (Å²) in [4.78, 5) is 3.81. The standard InChI is InChI=1S/C15H11Cl3N4O2S/c16-11-3-1-10(2-4-11)8-22-9-19-15(20-22)21-25(23,24)14-7-12(17)5-6-13(14)18/h1-7,9H,8H2,(H,20,21). The van der Waals surface area contributed by atoms with Crippen LogP contribution in [0.2, 0.25) is 15.1 Å². The van der Waals surface area contributed by atoms with Gasteiger partial charge < -0.3 is 0 Å². The Morgan fingerprint density at radius 3 is 2.40 bits per heavy atom. The summed E-state index contributed by atoms with van der Waals surface area (Å²) >= 11 is 17.6. The Labute approximate surface area is 159 Å². The van der Waals surface area contributed by atoms with E-state index in [2.05, 4.69) is 14.8 Å². The predicted molar refractivity (Wildman–Crippen MR) is 97.8 cm³/mol. The molecule has 130 valence electrons. The van der Waals surface area contributed by atoms with E-state index in [4.69, 9.17) is 34.8 Å². The number of hydrogen-bond acceptors (Lipinski definition) is 4. The van der Waals surface area contributed by atoms with Gasteiger partial charge in [0, 0.05) is 10.0 Å². The minimum atomic E-state index is -3.95. The van der Waals surface area contributed by atoms with Crippen molar-refractivity contribution in [2.75, 3.05) is 4.72 Å². The van der Waals surface area contributed by atoms with Crippen LogP contribution in [0, 0.1) is 0 Å². The van der Waals surface area contributed by atoms with Gasteiger partial charge in [-0.2, -0.15) is 4.98 Å². The largest absolute Gasteiger partial charge is 0.265 e. The van der Waals surface area contributed by atoms with Gasteiger partial charge in [0.25, 0.3) is 16.0 Å². The van der Waals surface area contributed by atoms with Crippen LogP contribution in [-0.2, 0) is 16.6 Å². The number of rotatable bonds is 5. The molecule has 6 nitrogen and oxygen atoms in total.